The number of likely N-dealkylation sites (tertiary alicyclic amines) is 1. The highest BCUT2D eigenvalue weighted by molar-refractivity contribution is 5.93. The first-order valence-corrected chi connectivity index (χ1v) is 7.92. The highest BCUT2D eigenvalue weighted by atomic mass is 16.4. The predicted octanol–water partition coefficient (Wildman–Crippen LogP) is 0.899. The van der Waals surface area contributed by atoms with Crippen LogP contribution in [-0.2, 0) is 14.4 Å². The molecule has 0 bridgehead atoms. The van der Waals surface area contributed by atoms with E-state index in [1.807, 2.05) is 0 Å². The molecule has 0 aromatic heterocycles. The van der Waals surface area contributed by atoms with Gasteiger partial charge in [-0.3, -0.25) is 9.59 Å². The van der Waals surface area contributed by atoms with Crippen LogP contribution in [0.4, 0.5) is 0 Å². The Morgan fingerprint density at radius 1 is 1.10 bits per heavy atom. The Morgan fingerprint density at radius 3 is 2.52 bits per heavy atom. The molecular formula is C15H22N2O4. The smallest absolute Gasteiger partial charge is 0.326 e. The van der Waals surface area contributed by atoms with Gasteiger partial charge in [0.05, 0.1) is 0 Å². The first-order valence-electron chi connectivity index (χ1n) is 7.92. The lowest BCUT2D eigenvalue weighted by atomic mass is 9.76. The maximum atomic E-state index is 12.8. The van der Waals surface area contributed by atoms with Gasteiger partial charge in [0.1, 0.15) is 12.1 Å². The minimum Gasteiger partial charge on any atom is -0.480 e. The van der Waals surface area contributed by atoms with Crippen molar-refractivity contribution in [3.63, 3.8) is 0 Å². The number of rotatable bonds is 2. The molecule has 0 spiro atoms. The highest BCUT2D eigenvalue weighted by Crippen LogP contribution is 2.38. The molecule has 3 aliphatic rings. The van der Waals surface area contributed by atoms with Crippen LogP contribution in [0.25, 0.3) is 0 Å². The Morgan fingerprint density at radius 2 is 1.86 bits per heavy atom. The Bertz CT molecular complexity index is 465. The number of carbonyl (C=O) groups is 3. The highest BCUT2D eigenvalue weighted by Gasteiger charge is 2.46. The van der Waals surface area contributed by atoms with Gasteiger partial charge in [0.15, 0.2) is 0 Å². The maximum Gasteiger partial charge on any atom is 0.326 e. The summed E-state index contributed by atoms with van der Waals surface area (Å²) in [7, 11) is 0. The number of nitrogens with zero attached hydrogens (tertiary/aromatic N) is 1. The summed E-state index contributed by atoms with van der Waals surface area (Å²) in [5.41, 5.74) is 0. The van der Waals surface area contributed by atoms with E-state index in [-0.39, 0.29) is 17.9 Å². The van der Waals surface area contributed by atoms with Crippen molar-refractivity contribution in [1.29, 1.82) is 0 Å². The number of hydrogen-bond donors (Lipinski definition) is 2. The van der Waals surface area contributed by atoms with E-state index in [2.05, 4.69) is 5.32 Å². The second kappa shape index (κ2) is 5.66. The van der Waals surface area contributed by atoms with Crippen molar-refractivity contribution in [2.24, 2.45) is 5.92 Å². The fraction of sp³-hybridized carbons (Fsp3) is 0.800. The molecule has 6 nitrogen and oxygen atoms in total. The average molecular weight is 294 g/mol. The zero-order valence-electron chi connectivity index (χ0n) is 12.1. The van der Waals surface area contributed by atoms with E-state index >= 15 is 0 Å². The van der Waals surface area contributed by atoms with E-state index in [0.29, 0.717) is 25.2 Å². The van der Waals surface area contributed by atoms with Gasteiger partial charge in [0.25, 0.3) is 0 Å². The van der Waals surface area contributed by atoms with Crippen LogP contribution in [0, 0.1) is 5.92 Å². The first-order chi connectivity index (χ1) is 10.1. The minimum absolute atomic E-state index is 0.0404. The van der Waals surface area contributed by atoms with Crippen molar-refractivity contribution in [2.45, 2.75) is 69.5 Å². The number of fused-ring (bicyclic) bond motifs is 1. The van der Waals surface area contributed by atoms with E-state index < -0.39 is 18.1 Å². The SMILES string of the molecule is O=C1CC[C@H](C(=O)N2C(C(=O)O)CCC3CCCCC32)N1. The number of carbonyl (C=O) groups excluding carboxylic acids is 2. The summed E-state index contributed by atoms with van der Waals surface area (Å²) in [6, 6.07) is -1.21. The third-order valence-corrected chi connectivity index (χ3v) is 5.21. The predicted molar refractivity (Wildman–Crippen MR) is 74.4 cm³/mol. The van der Waals surface area contributed by atoms with Crippen LogP contribution >= 0.6 is 0 Å². The van der Waals surface area contributed by atoms with Crippen LogP contribution in [-0.4, -0.2) is 45.9 Å². The summed E-state index contributed by atoms with van der Waals surface area (Å²) in [5, 5.41) is 12.1. The van der Waals surface area contributed by atoms with Gasteiger partial charge in [-0.25, -0.2) is 4.79 Å². The molecule has 4 atom stereocenters. The second-order valence-corrected chi connectivity index (χ2v) is 6.45. The van der Waals surface area contributed by atoms with Crippen molar-refractivity contribution in [1.82, 2.24) is 10.2 Å². The number of hydrogen-bond acceptors (Lipinski definition) is 3. The average Bonchev–Trinajstić information content (AvgIpc) is 2.91. The Kier molecular flexibility index (Phi) is 3.87. The monoisotopic (exact) mass is 294 g/mol. The number of amides is 2. The van der Waals surface area contributed by atoms with Gasteiger partial charge in [-0.1, -0.05) is 12.8 Å². The molecule has 3 unspecified atom stereocenters. The molecule has 2 saturated heterocycles. The fourth-order valence-corrected chi connectivity index (χ4v) is 4.17. The Labute approximate surface area is 123 Å². The minimum atomic E-state index is -0.920. The summed E-state index contributed by atoms with van der Waals surface area (Å²) in [6.45, 7) is 0. The lowest BCUT2D eigenvalue weighted by Gasteiger charge is -2.47. The quantitative estimate of drug-likeness (QED) is 0.792. The molecule has 2 heterocycles. The van der Waals surface area contributed by atoms with Gasteiger partial charge < -0.3 is 15.3 Å². The molecule has 6 heteroatoms. The van der Waals surface area contributed by atoms with Crippen molar-refractivity contribution in [3.05, 3.63) is 0 Å². The maximum absolute atomic E-state index is 12.8. The second-order valence-electron chi connectivity index (χ2n) is 6.45. The summed E-state index contributed by atoms with van der Waals surface area (Å²) in [5.74, 6) is -0.797. The largest absolute Gasteiger partial charge is 0.480 e. The summed E-state index contributed by atoms with van der Waals surface area (Å²) in [6.07, 6.45) is 6.45. The molecule has 2 aliphatic heterocycles. The Balaban J connectivity index is 1.83. The third kappa shape index (κ3) is 2.63. The first kappa shape index (κ1) is 14.4. The van der Waals surface area contributed by atoms with Gasteiger partial charge in [-0.05, 0) is 38.0 Å². The molecule has 1 aliphatic carbocycles. The van der Waals surface area contributed by atoms with Gasteiger partial charge in [-0.15, -0.1) is 0 Å². The van der Waals surface area contributed by atoms with Crippen LogP contribution in [0.3, 0.4) is 0 Å². The molecule has 2 N–H and O–H groups in total. The van der Waals surface area contributed by atoms with Crippen LogP contribution in [0.15, 0.2) is 0 Å². The number of carboxylic acids is 1. The molecule has 21 heavy (non-hydrogen) atoms. The number of nitrogens with one attached hydrogen (secondary N) is 1. The van der Waals surface area contributed by atoms with Gasteiger partial charge in [0, 0.05) is 12.5 Å². The van der Waals surface area contributed by atoms with Gasteiger partial charge in [-0.2, -0.15) is 0 Å². The molecule has 3 fully saturated rings. The fourth-order valence-electron chi connectivity index (χ4n) is 4.17. The molecule has 1 saturated carbocycles. The molecular weight excluding hydrogens is 272 g/mol. The van der Waals surface area contributed by atoms with Crippen molar-refractivity contribution in [2.75, 3.05) is 0 Å². The van der Waals surface area contributed by atoms with Crippen LogP contribution in [0.1, 0.15) is 51.4 Å². The number of piperidine rings is 1. The van der Waals surface area contributed by atoms with E-state index in [9.17, 15) is 19.5 Å². The van der Waals surface area contributed by atoms with Crippen molar-refractivity contribution >= 4 is 17.8 Å². The summed E-state index contributed by atoms with van der Waals surface area (Å²) < 4.78 is 0. The lowest BCUT2D eigenvalue weighted by molar-refractivity contribution is -0.159. The Hall–Kier alpha value is -1.59. The summed E-state index contributed by atoms with van der Waals surface area (Å²) in [4.78, 5) is 37.2. The molecule has 0 aromatic carbocycles. The van der Waals surface area contributed by atoms with Crippen molar-refractivity contribution in [3.8, 4) is 0 Å². The van der Waals surface area contributed by atoms with Crippen molar-refractivity contribution < 1.29 is 19.5 Å². The zero-order chi connectivity index (χ0) is 15.0. The number of aliphatic carboxylic acids is 1. The van der Waals surface area contributed by atoms with E-state index in [4.69, 9.17) is 0 Å². The van der Waals surface area contributed by atoms with Gasteiger partial charge >= 0.3 is 5.97 Å². The van der Waals surface area contributed by atoms with Crippen LogP contribution in [0.5, 0.6) is 0 Å². The molecule has 116 valence electrons. The topological polar surface area (TPSA) is 86.7 Å². The molecule has 0 radical (unpaired) electrons. The third-order valence-electron chi connectivity index (χ3n) is 5.21. The van der Waals surface area contributed by atoms with Crippen LogP contribution in [0.2, 0.25) is 0 Å². The molecule has 2 amide bonds. The lowest BCUT2D eigenvalue weighted by Crippen LogP contribution is -2.60. The van der Waals surface area contributed by atoms with E-state index in [0.717, 1.165) is 25.7 Å². The normalized spacial score (nSPS) is 36.0. The van der Waals surface area contributed by atoms with E-state index in [1.54, 1.807) is 4.90 Å². The summed E-state index contributed by atoms with van der Waals surface area (Å²) >= 11 is 0. The zero-order valence-corrected chi connectivity index (χ0v) is 12.1. The molecule has 0 aromatic rings. The van der Waals surface area contributed by atoms with E-state index in [1.165, 1.54) is 6.42 Å². The van der Waals surface area contributed by atoms with Gasteiger partial charge in [0.2, 0.25) is 11.8 Å². The standard InChI is InChI=1S/C15H22N2O4/c18-13-8-6-10(16-13)14(19)17-11-4-2-1-3-9(11)5-7-12(17)15(20)21/h9-12H,1-8H2,(H,16,18)(H,20,21)/t9?,10-,11?,12?/m1/s1. The molecule has 3 rings (SSSR count). The van der Waals surface area contributed by atoms with Crippen LogP contribution < -0.4 is 5.32 Å². The number of carboxylic acid groups (broad SMARTS) is 1.